The van der Waals surface area contributed by atoms with Gasteiger partial charge in [0.1, 0.15) is 22.5 Å². The van der Waals surface area contributed by atoms with E-state index >= 15 is 0 Å². The summed E-state index contributed by atoms with van der Waals surface area (Å²) in [5.41, 5.74) is 1.64. The van der Waals surface area contributed by atoms with Crippen molar-refractivity contribution >= 4 is 17.2 Å². The van der Waals surface area contributed by atoms with Gasteiger partial charge in [-0.15, -0.1) is 11.3 Å². The number of benzene rings is 1. The highest BCUT2D eigenvalue weighted by molar-refractivity contribution is 7.13. The molecule has 0 radical (unpaired) electrons. The van der Waals surface area contributed by atoms with Gasteiger partial charge in [0.05, 0.1) is 17.8 Å². The number of amides is 1. The SMILES string of the molecule is COc1cccc([C@@H](NC(=O)c2sc(C)nc2C)c2nccn2C)c1. The second-order valence-electron chi connectivity index (χ2n) is 5.73. The molecule has 0 bridgehead atoms. The summed E-state index contributed by atoms with van der Waals surface area (Å²) in [6.45, 7) is 3.74. The summed E-state index contributed by atoms with van der Waals surface area (Å²) in [5.74, 6) is 1.33. The molecule has 0 aliphatic rings. The van der Waals surface area contributed by atoms with Crippen molar-refractivity contribution in [3.63, 3.8) is 0 Å². The maximum absolute atomic E-state index is 12.8. The quantitative estimate of drug-likeness (QED) is 0.763. The minimum Gasteiger partial charge on any atom is -0.497 e. The Balaban J connectivity index is 1.98. The molecule has 3 rings (SSSR count). The molecule has 6 nitrogen and oxygen atoms in total. The molecule has 0 fully saturated rings. The lowest BCUT2D eigenvalue weighted by molar-refractivity contribution is 0.0944. The number of aryl methyl sites for hydroxylation is 3. The Kier molecular flexibility index (Phi) is 4.85. The van der Waals surface area contributed by atoms with E-state index in [1.165, 1.54) is 11.3 Å². The lowest BCUT2D eigenvalue weighted by Gasteiger charge is -2.19. The van der Waals surface area contributed by atoms with Crippen molar-refractivity contribution in [2.45, 2.75) is 19.9 Å². The summed E-state index contributed by atoms with van der Waals surface area (Å²) in [4.78, 5) is 22.2. The van der Waals surface area contributed by atoms with Gasteiger partial charge in [0, 0.05) is 19.4 Å². The van der Waals surface area contributed by atoms with Gasteiger partial charge in [-0.1, -0.05) is 12.1 Å². The first-order chi connectivity index (χ1) is 12.0. The maximum atomic E-state index is 12.8. The van der Waals surface area contributed by atoms with Crippen LogP contribution in [0.15, 0.2) is 36.7 Å². The lowest BCUT2D eigenvalue weighted by atomic mass is 10.1. The topological polar surface area (TPSA) is 69.0 Å². The maximum Gasteiger partial charge on any atom is 0.264 e. The number of ether oxygens (including phenoxy) is 1. The number of imidazole rings is 1. The average molecular weight is 356 g/mol. The summed E-state index contributed by atoms with van der Waals surface area (Å²) in [6, 6.07) is 7.25. The van der Waals surface area contributed by atoms with Crippen molar-refractivity contribution in [3.05, 3.63) is 63.6 Å². The molecular formula is C18H20N4O2S. The molecule has 2 aromatic heterocycles. The Bertz CT molecular complexity index is 900. The molecule has 1 atom stereocenters. The minimum atomic E-state index is -0.385. The van der Waals surface area contributed by atoms with Gasteiger partial charge >= 0.3 is 0 Å². The predicted octanol–water partition coefficient (Wildman–Crippen LogP) is 3.02. The van der Waals surface area contributed by atoms with Crippen molar-refractivity contribution in [1.82, 2.24) is 19.9 Å². The molecule has 0 spiro atoms. The number of aromatic nitrogens is 3. The van der Waals surface area contributed by atoms with Gasteiger partial charge in [-0.2, -0.15) is 0 Å². The van der Waals surface area contributed by atoms with E-state index in [-0.39, 0.29) is 11.9 Å². The van der Waals surface area contributed by atoms with Gasteiger partial charge < -0.3 is 14.6 Å². The number of carbonyl (C=O) groups excluding carboxylic acids is 1. The fraction of sp³-hybridized carbons (Fsp3) is 0.278. The zero-order valence-corrected chi connectivity index (χ0v) is 15.4. The molecule has 0 saturated carbocycles. The molecule has 0 aliphatic heterocycles. The highest BCUT2D eigenvalue weighted by atomic mass is 32.1. The Morgan fingerprint density at radius 3 is 2.76 bits per heavy atom. The largest absolute Gasteiger partial charge is 0.497 e. The van der Waals surface area contributed by atoms with Gasteiger partial charge in [0.2, 0.25) is 0 Å². The smallest absolute Gasteiger partial charge is 0.264 e. The van der Waals surface area contributed by atoms with Gasteiger partial charge in [-0.25, -0.2) is 9.97 Å². The summed E-state index contributed by atoms with van der Waals surface area (Å²) in [6.07, 6.45) is 3.58. The number of nitrogens with one attached hydrogen (secondary N) is 1. The van der Waals surface area contributed by atoms with Crippen LogP contribution in [-0.2, 0) is 7.05 Å². The van der Waals surface area contributed by atoms with Crippen molar-refractivity contribution in [3.8, 4) is 5.75 Å². The van der Waals surface area contributed by atoms with Gasteiger partial charge in [0.25, 0.3) is 5.91 Å². The second-order valence-corrected chi connectivity index (χ2v) is 6.93. The van der Waals surface area contributed by atoms with Crippen LogP contribution < -0.4 is 10.1 Å². The lowest BCUT2D eigenvalue weighted by Crippen LogP contribution is -2.31. The first-order valence-corrected chi connectivity index (χ1v) is 8.67. The van der Waals surface area contributed by atoms with Gasteiger partial charge in [-0.05, 0) is 31.5 Å². The molecule has 0 aliphatic carbocycles. The number of thiazole rings is 1. The van der Waals surface area contributed by atoms with Crippen LogP contribution in [0.5, 0.6) is 5.75 Å². The third-order valence-corrected chi connectivity index (χ3v) is 5.00. The predicted molar refractivity (Wildman–Crippen MR) is 97.1 cm³/mol. The molecule has 3 aromatic rings. The van der Waals surface area contributed by atoms with E-state index in [1.54, 1.807) is 13.3 Å². The van der Waals surface area contributed by atoms with Crippen LogP contribution in [0.1, 0.15) is 37.8 Å². The molecule has 7 heteroatoms. The van der Waals surface area contributed by atoms with Crippen LogP contribution in [0.4, 0.5) is 0 Å². The van der Waals surface area contributed by atoms with Crippen molar-refractivity contribution in [1.29, 1.82) is 0 Å². The summed E-state index contributed by atoms with van der Waals surface area (Å²) >= 11 is 1.39. The van der Waals surface area contributed by atoms with Crippen LogP contribution in [-0.4, -0.2) is 27.6 Å². The number of hydrogen-bond acceptors (Lipinski definition) is 5. The molecule has 2 heterocycles. The average Bonchev–Trinajstić information content (AvgIpc) is 3.17. The van der Waals surface area contributed by atoms with Crippen LogP contribution in [0.2, 0.25) is 0 Å². The highest BCUT2D eigenvalue weighted by Crippen LogP contribution is 2.26. The van der Waals surface area contributed by atoms with Crippen molar-refractivity contribution in [2.75, 3.05) is 7.11 Å². The Hall–Kier alpha value is -2.67. The van der Waals surface area contributed by atoms with E-state index in [2.05, 4.69) is 15.3 Å². The minimum absolute atomic E-state index is 0.154. The summed E-state index contributed by atoms with van der Waals surface area (Å²) in [5, 5.41) is 3.96. The standard InChI is InChI=1S/C18H20N4O2S/c1-11-16(25-12(2)20-11)18(23)21-15(17-19-8-9-22(17)3)13-6-5-7-14(10-13)24-4/h5-10,15H,1-4H3,(H,21,23)/t15-/m1/s1. The van der Waals surface area contributed by atoms with Crippen LogP contribution in [0.25, 0.3) is 0 Å². The number of rotatable bonds is 5. The first-order valence-electron chi connectivity index (χ1n) is 7.85. The van der Waals surface area contributed by atoms with E-state index in [1.807, 2.05) is 55.9 Å². The van der Waals surface area contributed by atoms with E-state index in [4.69, 9.17) is 4.74 Å². The zero-order valence-electron chi connectivity index (χ0n) is 14.6. The Labute approximate surface area is 150 Å². The third kappa shape index (κ3) is 3.56. The van der Waals surface area contributed by atoms with E-state index in [0.29, 0.717) is 4.88 Å². The van der Waals surface area contributed by atoms with E-state index in [0.717, 1.165) is 27.8 Å². The Morgan fingerprint density at radius 1 is 1.36 bits per heavy atom. The van der Waals surface area contributed by atoms with E-state index in [9.17, 15) is 4.79 Å². The van der Waals surface area contributed by atoms with Crippen LogP contribution in [0, 0.1) is 13.8 Å². The molecule has 25 heavy (non-hydrogen) atoms. The second kappa shape index (κ2) is 7.06. The molecular weight excluding hydrogens is 336 g/mol. The molecule has 0 saturated heterocycles. The fourth-order valence-corrected chi connectivity index (χ4v) is 3.53. The monoisotopic (exact) mass is 356 g/mol. The number of carbonyl (C=O) groups is 1. The first kappa shape index (κ1) is 17.2. The summed E-state index contributed by atoms with van der Waals surface area (Å²) < 4.78 is 7.21. The molecule has 1 amide bonds. The normalized spacial score (nSPS) is 12.0. The highest BCUT2D eigenvalue weighted by Gasteiger charge is 2.24. The van der Waals surface area contributed by atoms with Crippen molar-refractivity contribution in [2.24, 2.45) is 7.05 Å². The number of hydrogen-bond donors (Lipinski definition) is 1. The number of methoxy groups -OCH3 is 1. The van der Waals surface area contributed by atoms with Crippen molar-refractivity contribution < 1.29 is 9.53 Å². The van der Waals surface area contributed by atoms with Crippen LogP contribution in [0.3, 0.4) is 0 Å². The molecule has 1 N–H and O–H groups in total. The third-order valence-electron chi connectivity index (χ3n) is 3.93. The molecule has 130 valence electrons. The molecule has 0 unspecified atom stereocenters. The van der Waals surface area contributed by atoms with Gasteiger partial charge in [0.15, 0.2) is 0 Å². The summed E-state index contributed by atoms with van der Waals surface area (Å²) in [7, 11) is 3.53. The van der Waals surface area contributed by atoms with E-state index < -0.39 is 0 Å². The fourth-order valence-electron chi connectivity index (χ4n) is 2.71. The van der Waals surface area contributed by atoms with Crippen LogP contribution >= 0.6 is 11.3 Å². The molecule has 1 aromatic carbocycles. The van der Waals surface area contributed by atoms with Gasteiger partial charge in [-0.3, -0.25) is 4.79 Å². The zero-order chi connectivity index (χ0) is 18.0. The Morgan fingerprint density at radius 2 is 2.16 bits per heavy atom. The number of nitrogens with zero attached hydrogens (tertiary/aromatic N) is 3.